The molecule has 0 saturated heterocycles. The Morgan fingerprint density at radius 3 is 2.28 bits per heavy atom. The molecule has 3 rings (SSSR count). The van der Waals surface area contributed by atoms with Crippen LogP contribution in [0, 0.1) is 0 Å². The summed E-state index contributed by atoms with van der Waals surface area (Å²) in [5.74, 6) is -0.825. The van der Waals surface area contributed by atoms with Crippen LogP contribution in [0.25, 0.3) is 0 Å². The summed E-state index contributed by atoms with van der Waals surface area (Å²) < 4.78 is 5.21. The largest absolute Gasteiger partial charge is 0.459 e. The van der Waals surface area contributed by atoms with Crippen molar-refractivity contribution in [1.82, 2.24) is 20.2 Å². The Morgan fingerprint density at radius 2 is 1.66 bits per heavy atom. The molecule has 1 heterocycles. The van der Waals surface area contributed by atoms with Gasteiger partial charge in [-0.15, -0.1) is 5.10 Å². The van der Waals surface area contributed by atoms with Crippen molar-refractivity contribution >= 4 is 34.7 Å². The molecule has 0 aliphatic carbocycles. The summed E-state index contributed by atoms with van der Waals surface area (Å²) in [6.07, 6.45) is 0.383. The lowest BCUT2D eigenvalue weighted by molar-refractivity contribution is -0.146. The molecule has 166 valence electrons. The Hall–Kier alpha value is -3.53. The Labute approximate surface area is 189 Å². The Morgan fingerprint density at radius 1 is 1.03 bits per heavy atom. The zero-order chi connectivity index (χ0) is 22.9. The van der Waals surface area contributed by atoms with Crippen LogP contribution in [0.3, 0.4) is 0 Å². The van der Waals surface area contributed by atoms with Gasteiger partial charge >= 0.3 is 5.97 Å². The number of ether oxygens (including phenoxy) is 1. The van der Waals surface area contributed by atoms with E-state index in [9.17, 15) is 14.4 Å². The highest BCUT2D eigenvalue weighted by Gasteiger charge is 2.28. The number of amides is 1. The monoisotopic (exact) mass is 453 g/mol. The standard InChI is InChI=1S/C22H23N5O4S/c1-16(28)32-19(13-17-9-5-3-6-10-17)21(30)26(2)22-23-25-27(24-22)14-20(29)31-15-18-11-7-4-8-12-18/h3-12,19H,13-15H2,1-2H3. The first-order valence-electron chi connectivity index (χ1n) is 9.88. The molecule has 2 aromatic carbocycles. The molecule has 1 atom stereocenters. The second kappa shape index (κ2) is 11.2. The number of hydrogen-bond acceptors (Lipinski definition) is 8. The zero-order valence-electron chi connectivity index (χ0n) is 17.7. The van der Waals surface area contributed by atoms with Crippen LogP contribution in [0.1, 0.15) is 18.1 Å². The number of anilines is 1. The smallest absolute Gasteiger partial charge is 0.330 e. The minimum absolute atomic E-state index is 0.0353. The fourth-order valence-corrected chi connectivity index (χ4v) is 3.79. The summed E-state index contributed by atoms with van der Waals surface area (Å²) in [6.45, 7) is 1.33. The minimum Gasteiger partial charge on any atom is -0.459 e. The van der Waals surface area contributed by atoms with Gasteiger partial charge in [-0.1, -0.05) is 77.5 Å². The first kappa shape index (κ1) is 23.1. The van der Waals surface area contributed by atoms with Gasteiger partial charge in [-0.3, -0.25) is 14.5 Å². The molecule has 0 fully saturated rings. The van der Waals surface area contributed by atoms with E-state index in [1.807, 2.05) is 60.7 Å². The first-order valence-corrected chi connectivity index (χ1v) is 10.8. The summed E-state index contributed by atoms with van der Waals surface area (Å²) in [5, 5.41) is 11.0. The van der Waals surface area contributed by atoms with Gasteiger partial charge in [-0.25, -0.2) is 4.79 Å². The molecule has 0 N–H and O–H groups in total. The van der Waals surface area contributed by atoms with Crippen molar-refractivity contribution in [3.8, 4) is 0 Å². The number of hydrogen-bond donors (Lipinski definition) is 0. The van der Waals surface area contributed by atoms with Gasteiger partial charge in [0.25, 0.3) is 5.95 Å². The molecule has 0 saturated carbocycles. The quantitative estimate of drug-likeness (QED) is 0.454. The molecular formula is C22H23N5O4S. The number of carbonyl (C=O) groups excluding carboxylic acids is 3. The molecule has 32 heavy (non-hydrogen) atoms. The number of thioether (sulfide) groups is 1. The molecule has 1 unspecified atom stereocenters. The number of aromatic nitrogens is 4. The summed E-state index contributed by atoms with van der Waals surface area (Å²) in [7, 11) is 1.51. The highest BCUT2D eigenvalue weighted by Crippen LogP contribution is 2.21. The summed E-state index contributed by atoms with van der Waals surface area (Å²) in [4.78, 5) is 39.1. The van der Waals surface area contributed by atoms with E-state index >= 15 is 0 Å². The second-order valence-corrected chi connectivity index (χ2v) is 8.33. The highest BCUT2D eigenvalue weighted by molar-refractivity contribution is 8.14. The molecule has 0 radical (unpaired) electrons. The van der Waals surface area contributed by atoms with E-state index in [1.54, 1.807) is 0 Å². The Balaban J connectivity index is 1.60. The highest BCUT2D eigenvalue weighted by atomic mass is 32.2. The zero-order valence-corrected chi connectivity index (χ0v) is 18.6. The number of carbonyl (C=O) groups is 3. The van der Waals surface area contributed by atoms with Gasteiger partial charge < -0.3 is 4.74 Å². The molecule has 1 aromatic heterocycles. The van der Waals surface area contributed by atoms with Crippen molar-refractivity contribution in [3.05, 3.63) is 71.8 Å². The molecule has 0 aliphatic rings. The van der Waals surface area contributed by atoms with E-state index in [0.717, 1.165) is 27.7 Å². The average molecular weight is 454 g/mol. The minimum atomic E-state index is -0.636. The van der Waals surface area contributed by atoms with E-state index in [4.69, 9.17) is 4.74 Å². The van der Waals surface area contributed by atoms with Gasteiger partial charge in [0.15, 0.2) is 11.7 Å². The van der Waals surface area contributed by atoms with Crippen molar-refractivity contribution in [3.63, 3.8) is 0 Å². The number of esters is 1. The van der Waals surface area contributed by atoms with Gasteiger partial charge in [0.1, 0.15) is 6.61 Å². The maximum atomic E-state index is 13.0. The Bertz CT molecular complexity index is 1060. The first-order chi connectivity index (χ1) is 15.4. The summed E-state index contributed by atoms with van der Waals surface area (Å²) in [5.41, 5.74) is 1.80. The third-order valence-electron chi connectivity index (χ3n) is 4.43. The maximum Gasteiger partial charge on any atom is 0.330 e. The van der Waals surface area contributed by atoms with Crippen LogP contribution in [-0.4, -0.2) is 49.5 Å². The van der Waals surface area contributed by atoms with Gasteiger partial charge in [-0.2, -0.15) is 4.80 Å². The van der Waals surface area contributed by atoms with E-state index < -0.39 is 11.2 Å². The molecule has 0 bridgehead atoms. The second-order valence-electron chi connectivity index (χ2n) is 6.95. The van der Waals surface area contributed by atoms with Crippen LogP contribution in [0.4, 0.5) is 5.95 Å². The molecule has 0 spiro atoms. The van der Waals surface area contributed by atoms with E-state index in [2.05, 4.69) is 15.4 Å². The molecule has 10 heteroatoms. The summed E-state index contributed by atoms with van der Waals surface area (Å²) >= 11 is 0.960. The number of benzene rings is 2. The van der Waals surface area contributed by atoms with E-state index in [-0.39, 0.29) is 30.1 Å². The van der Waals surface area contributed by atoms with Gasteiger partial charge in [0.05, 0.1) is 5.25 Å². The van der Waals surface area contributed by atoms with Crippen LogP contribution in [-0.2, 0) is 38.7 Å². The number of nitrogens with zero attached hydrogens (tertiary/aromatic N) is 5. The van der Waals surface area contributed by atoms with Crippen molar-refractivity contribution in [2.75, 3.05) is 11.9 Å². The van der Waals surface area contributed by atoms with Crippen molar-refractivity contribution in [2.45, 2.75) is 31.7 Å². The van der Waals surface area contributed by atoms with E-state index in [1.165, 1.54) is 18.9 Å². The lowest BCUT2D eigenvalue weighted by Crippen LogP contribution is -2.37. The third-order valence-corrected chi connectivity index (χ3v) is 5.42. The van der Waals surface area contributed by atoms with Crippen LogP contribution < -0.4 is 4.90 Å². The van der Waals surface area contributed by atoms with Gasteiger partial charge in [0, 0.05) is 14.0 Å². The van der Waals surface area contributed by atoms with Crippen molar-refractivity contribution in [1.29, 1.82) is 0 Å². The van der Waals surface area contributed by atoms with Gasteiger partial charge in [0.2, 0.25) is 5.91 Å². The topological polar surface area (TPSA) is 107 Å². The van der Waals surface area contributed by atoms with Gasteiger partial charge in [-0.05, 0) is 22.8 Å². The summed E-state index contributed by atoms with van der Waals surface area (Å²) in [6, 6.07) is 18.7. The van der Waals surface area contributed by atoms with Crippen LogP contribution >= 0.6 is 11.8 Å². The predicted molar refractivity (Wildman–Crippen MR) is 120 cm³/mol. The average Bonchev–Trinajstić information content (AvgIpc) is 3.25. The lowest BCUT2D eigenvalue weighted by atomic mass is 10.1. The van der Waals surface area contributed by atoms with Crippen molar-refractivity contribution in [2.24, 2.45) is 0 Å². The van der Waals surface area contributed by atoms with Crippen LogP contribution in [0.2, 0.25) is 0 Å². The Kier molecular flexibility index (Phi) is 8.09. The van der Waals surface area contributed by atoms with E-state index in [0.29, 0.717) is 6.42 Å². The number of rotatable bonds is 9. The van der Waals surface area contributed by atoms with Crippen LogP contribution in [0.15, 0.2) is 60.7 Å². The lowest BCUT2D eigenvalue weighted by Gasteiger charge is -2.20. The fraction of sp³-hybridized carbons (Fsp3) is 0.273. The predicted octanol–water partition coefficient (Wildman–Crippen LogP) is 2.27. The molecule has 9 nitrogen and oxygen atoms in total. The molecule has 1 amide bonds. The van der Waals surface area contributed by atoms with Crippen molar-refractivity contribution < 1.29 is 19.1 Å². The molecule has 3 aromatic rings. The van der Waals surface area contributed by atoms with Crippen LogP contribution in [0.5, 0.6) is 0 Å². The fourth-order valence-electron chi connectivity index (χ4n) is 2.86. The normalized spacial score (nSPS) is 11.6. The third kappa shape index (κ3) is 6.74. The molecule has 0 aliphatic heterocycles. The maximum absolute atomic E-state index is 13.0. The molecular weight excluding hydrogens is 430 g/mol. The SMILES string of the molecule is CC(=O)SC(Cc1ccccc1)C(=O)N(C)c1nnn(CC(=O)OCc2ccccc2)n1. The number of tetrazole rings is 1.